The monoisotopic (exact) mass is 391 g/mol. The number of aromatic nitrogens is 4. The maximum atomic E-state index is 12.6. The Kier molecular flexibility index (Phi) is 4.94. The molecule has 0 saturated heterocycles. The summed E-state index contributed by atoms with van der Waals surface area (Å²) in [5, 5.41) is 5.68. The summed E-state index contributed by atoms with van der Waals surface area (Å²) in [7, 11) is 0. The number of H-pyrrole nitrogens is 1. The molecule has 0 unspecified atom stereocenters. The molecule has 8 heteroatoms. The number of hydrogen-bond acceptors (Lipinski definition) is 5. The van der Waals surface area contributed by atoms with Crippen molar-refractivity contribution in [1.82, 2.24) is 19.6 Å². The number of carbonyl (C=O) groups excluding carboxylic acids is 1. The second kappa shape index (κ2) is 7.69. The number of aryl methyl sites for hydroxylation is 1. The summed E-state index contributed by atoms with van der Waals surface area (Å²) in [6, 6.07) is 16.5. The average molecular weight is 391 g/mol. The van der Waals surface area contributed by atoms with E-state index >= 15 is 0 Å². The van der Waals surface area contributed by atoms with Crippen LogP contribution in [-0.4, -0.2) is 25.5 Å². The maximum Gasteiger partial charge on any atom is 0.274 e. The van der Waals surface area contributed by atoms with E-state index in [9.17, 15) is 9.59 Å². The van der Waals surface area contributed by atoms with Crippen molar-refractivity contribution in [2.75, 3.05) is 5.32 Å². The molecule has 0 atom stereocenters. The van der Waals surface area contributed by atoms with Crippen molar-refractivity contribution in [2.24, 2.45) is 0 Å². The summed E-state index contributed by atoms with van der Waals surface area (Å²) in [5.41, 5.74) is 2.78. The molecule has 2 aromatic heterocycles. The summed E-state index contributed by atoms with van der Waals surface area (Å²) in [5.74, 6) is 0.658. The van der Waals surface area contributed by atoms with Crippen LogP contribution < -0.4 is 10.9 Å². The molecule has 4 aromatic rings. The van der Waals surface area contributed by atoms with E-state index in [1.54, 1.807) is 6.07 Å². The number of hydrogen-bond donors (Lipinski definition) is 2. The molecule has 0 aliphatic heterocycles. The van der Waals surface area contributed by atoms with Crippen LogP contribution in [-0.2, 0) is 5.75 Å². The van der Waals surface area contributed by atoms with E-state index < -0.39 is 0 Å². The maximum absolute atomic E-state index is 12.6. The molecule has 2 N–H and O–H groups in total. The van der Waals surface area contributed by atoms with Gasteiger partial charge < -0.3 is 5.32 Å². The second-order valence-electron chi connectivity index (χ2n) is 6.22. The first-order valence-corrected chi connectivity index (χ1v) is 9.60. The SMILES string of the molecule is Cc1cccc(C(=O)Nc2ccccc2SCc2cc(=O)n3[nH]cnc3n2)c1. The van der Waals surface area contributed by atoms with Gasteiger partial charge in [-0.15, -0.1) is 11.8 Å². The molecular weight excluding hydrogens is 374 g/mol. The Hall–Kier alpha value is -3.39. The summed E-state index contributed by atoms with van der Waals surface area (Å²) in [6.45, 7) is 1.95. The molecule has 2 aromatic carbocycles. The van der Waals surface area contributed by atoms with Crippen LogP contribution in [0.2, 0.25) is 0 Å². The third-order valence-electron chi connectivity index (χ3n) is 4.11. The van der Waals surface area contributed by atoms with Crippen LogP contribution in [0.1, 0.15) is 21.6 Å². The largest absolute Gasteiger partial charge is 0.321 e. The van der Waals surface area contributed by atoms with Crippen molar-refractivity contribution in [3.8, 4) is 0 Å². The Bertz CT molecular complexity index is 1210. The van der Waals surface area contributed by atoms with Crippen LogP contribution in [0.25, 0.3) is 5.78 Å². The lowest BCUT2D eigenvalue weighted by Gasteiger charge is -2.11. The van der Waals surface area contributed by atoms with Gasteiger partial charge in [-0.05, 0) is 31.2 Å². The third-order valence-corrected chi connectivity index (χ3v) is 5.22. The molecule has 4 rings (SSSR count). The van der Waals surface area contributed by atoms with Gasteiger partial charge >= 0.3 is 0 Å². The van der Waals surface area contributed by atoms with E-state index in [1.165, 1.54) is 28.7 Å². The predicted molar refractivity (Wildman–Crippen MR) is 109 cm³/mol. The Morgan fingerprint density at radius 3 is 2.89 bits per heavy atom. The van der Waals surface area contributed by atoms with Crippen LogP contribution >= 0.6 is 11.8 Å². The fraction of sp³-hybridized carbons (Fsp3) is 0.100. The van der Waals surface area contributed by atoms with Crippen molar-refractivity contribution in [1.29, 1.82) is 0 Å². The molecule has 0 aliphatic carbocycles. The number of rotatable bonds is 5. The van der Waals surface area contributed by atoms with Gasteiger partial charge in [0.2, 0.25) is 0 Å². The molecule has 1 amide bonds. The second-order valence-corrected chi connectivity index (χ2v) is 7.23. The number of para-hydroxylation sites is 1. The highest BCUT2D eigenvalue weighted by atomic mass is 32.2. The number of fused-ring (bicyclic) bond motifs is 1. The van der Waals surface area contributed by atoms with E-state index in [-0.39, 0.29) is 11.5 Å². The minimum Gasteiger partial charge on any atom is -0.321 e. The van der Waals surface area contributed by atoms with Gasteiger partial charge in [0.15, 0.2) is 0 Å². The number of thioether (sulfide) groups is 1. The summed E-state index contributed by atoms with van der Waals surface area (Å²) >= 11 is 1.50. The fourth-order valence-corrected chi connectivity index (χ4v) is 3.67. The number of nitrogens with one attached hydrogen (secondary N) is 2. The first kappa shape index (κ1) is 18.0. The quantitative estimate of drug-likeness (QED) is 0.510. The summed E-state index contributed by atoms with van der Waals surface area (Å²) < 4.78 is 1.28. The van der Waals surface area contributed by atoms with Crippen molar-refractivity contribution >= 4 is 29.1 Å². The van der Waals surface area contributed by atoms with Gasteiger partial charge in [0.25, 0.3) is 17.2 Å². The van der Waals surface area contributed by atoms with Crippen LogP contribution in [0.15, 0.2) is 70.6 Å². The molecule has 0 aliphatic rings. The lowest BCUT2D eigenvalue weighted by molar-refractivity contribution is 0.102. The zero-order valence-electron chi connectivity index (χ0n) is 15.0. The lowest BCUT2D eigenvalue weighted by Crippen LogP contribution is -2.15. The van der Waals surface area contributed by atoms with E-state index in [2.05, 4.69) is 20.4 Å². The van der Waals surface area contributed by atoms with Gasteiger partial charge in [-0.25, -0.2) is 9.97 Å². The lowest BCUT2D eigenvalue weighted by atomic mass is 10.1. The van der Waals surface area contributed by atoms with E-state index in [0.29, 0.717) is 22.8 Å². The molecule has 7 nitrogen and oxygen atoms in total. The highest BCUT2D eigenvalue weighted by molar-refractivity contribution is 7.98. The number of carbonyl (C=O) groups is 1. The molecule has 0 fully saturated rings. The van der Waals surface area contributed by atoms with Crippen LogP contribution in [0.4, 0.5) is 5.69 Å². The highest BCUT2D eigenvalue weighted by Crippen LogP contribution is 2.29. The van der Waals surface area contributed by atoms with Crippen molar-refractivity contribution < 1.29 is 4.79 Å². The first-order valence-electron chi connectivity index (χ1n) is 8.62. The Morgan fingerprint density at radius 1 is 1.18 bits per heavy atom. The Labute approximate surface area is 164 Å². The zero-order valence-corrected chi connectivity index (χ0v) is 15.9. The molecule has 28 heavy (non-hydrogen) atoms. The van der Waals surface area contributed by atoms with Crippen molar-refractivity contribution in [3.63, 3.8) is 0 Å². The highest BCUT2D eigenvalue weighted by Gasteiger charge is 2.11. The van der Waals surface area contributed by atoms with Crippen molar-refractivity contribution in [3.05, 3.63) is 88.1 Å². The number of benzene rings is 2. The van der Waals surface area contributed by atoms with Gasteiger partial charge in [-0.1, -0.05) is 29.8 Å². The average Bonchev–Trinajstić information content (AvgIpc) is 3.16. The molecule has 0 saturated carbocycles. The first-order chi connectivity index (χ1) is 13.6. The van der Waals surface area contributed by atoms with Gasteiger partial charge in [0.05, 0.1) is 11.4 Å². The normalized spacial score (nSPS) is 10.9. The Morgan fingerprint density at radius 2 is 2.04 bits per heavy atom. The number of amides is 1. The summed E-state index contributed by atoms with van der Waals surface area (Å²) in [6.07, 6.45) is 1.43. The van der Waals surface area contributed by atoms with E-state index in [0.717, 1.165) is 16.1 Å². The van der Waals surface area contributed by atoms with Gasteiger partial charge in [-0.3, -0.25) is 14.7 Å². The van der Waals surface area contributed by atoms with Gasteiger partial charge in [0.1, 0.15) is 6.33 Å². The predicted octanol–water partition coefficient (Wildman–Crippen LogP) is 3.27. The third kappa shape index (κ3) is 3.81. The number of aromatic amines is 1. The molecule has 0 bridgehead atoms. The minimum atomic E-state index is -0.209. The number of nitrogens with zero attached hydrogens (tertiary/aromatic N) is 3. The molecule has 2 heterocycles. The van der Waals surface area contributed by atoms with E-state index in [1.807, 2.05) is 49.4 Å². The van der Waals surface area contributed by atoms with Crippen molar-refractivity contribution in [2.45, 2.75) is 17.6 Å². The smallest absolute Gasteiger partial charge is 0.274 e. The molecule has 140 valence electrons. The summed E-state index contributed by atoms with van der Waals surface area (Å²) in [4.78, 5) is 33.9. The Balaban J connectivity index is 1.52. The number of anilines is 1. The van der Waals surface area contributed by atoms with Gasteiger partial charge in [0, 0.05) is 22.3 Å². The van der Waals surface area contributed by atoms with E-state index in [4.69, 9.17) is 0 Å². The molecule has 0 radical (unpaired) electrons. The fourth-order valence-electron chi connectivity index (χ4n) is 2.77. The standard InChI is InChI=1S/C20H17N5O2S/c1-13-5-4-6-14(9-13)19(27)24-16-7-2-3-8-17(16)28-11-15-10-18(26)25-20(23-15)21-12-22-25/h2-10,12H,11H2,1H3,(H,24,27)(H,21,22,23). The minimum absolute atomic E-state index is 0.161. The van der Waals surface area contributed by atoms with Crippen LogP contribution in [0, 0.1) is 6.92 Å². The molecular formula is C20H17N5O2S. The zero-order chi connectivity index (χ0) is 19.5. The van der Waals surface area contributed by atoms with Gasteiger partial charge in [-0.2, -0.15) is 4.52 Å². The van der Waals surface area contributed by atoms with Crippen LogP contribution in [0.3, 0.4) is 0 Å². The molecule has 0 spiro atoms. The topological polar surface area (TPSA) is 92.2 Å². The van der Waals surface area contributed by atoms with Crippen LogP contribution in [0.5, 0.6) is 0 Å².